The lowest BCUT2D eigenvalue weighted by atomic mass is 10.1. The number of carbonyl (C=O) groups is 2. The molecule has 0 aliphatic carbocycles. The Bertz CT molecular complexity index is 294. The van der Waals surface area contributed by atoms with Crippen molar-refractivity contribution in [2.75, 3.05) is 39.8 Å². The molecule has 1 rings (SSSR count). The van der Waals surface area contributed by atoms with Crippen LogP contribution in [0.5, 0.6) is 0 Å². The van der Waals surface area contributed by atoms with E-state index in [2.05, 4.69) is 5.32 Å². The molecule has 104 valence electrons. The first kappa shape index (κ1) is 15.0. The van der Waals surface area contributed by atoms with Gasteiger partial charge in [-0.15, -0.1) is 0 Å². The summed E-state index contributed by atoms with van der Waals surface area (Å²) in [6, 6.07) is 0. The van der Waals surface area contributed by atoms with Gasteiger partial charge in [0.25, 0.3) is 0 Å². The molecule has 1 aliphatic rings. The number of carbonyl (C=O) groups excluding carboxylic acids is 2. The molecule has 0 radical (unpaired) electrons. The minimum atomic E-state index is 0.00317. The van der Waals surface area contributed by atoms with Crippen LogP contribution >= 0.6 is 0 Å². The molecule has 0 saturated carbocycles. The molecule has 0 aromatic heterocycles. The summed E-state index contributed by atoms with van der Waals surface area (Å²) in [7, 11) is 1.86. The zero-order valence-electron chi connectivity index (χ0n) is 11.7. The molecule has 5 heteroatoms. The van der Waals surface area contributed by atoms with Gasteiger partial charge in [0.2, 0.25) is 11.8 Å². The summed E-state index contributed by atoms with van der Waals surface area (Å²) in [4.78, 5) is 27.6. The van der Waals surface area contributed by atoms with Gasteiger partial charge in [0.05, 0.1) is 0 Å². The Labute approximate surface area is 110 Å². The third-order valence-electron chi connectivity index (χ3n) is 3.39. The van der Waals surface area contributed by atoms with Crippen LogP contribution in [0.15, 0.2) is 0 Å². The van der Waals surface area contributed by atoms with E-state index in [0.29, 0.717) is 26.1 Å². The maximum atomic E-state index is 12.2. The van der Waals surface area contributed by atoms with Crippen molar-refractivity contribution in [3.05, 3.63) is 0 Å². The SMILES string of the molecule is CCC(=O)N1CCCN(C(=O)C(C)CNC)CC1. The van der Waals surface area contributed by atoms with E-state index in [9.17, 15) is 9.59 Å². The van der Waals surface area contributed by atoms with Crippen LogP contribution in [0.4, 0.5) is 0 Å². The van der Waals surface area contributed by atoms with Gasteiger partial charge in [0.1, 0.15) is 0 Å². The summed E-state index contributed by atoms with van der Waals surface area (Å²) >= 11 is 0. The topological polar surface area (TPSA) is 52.7 Å². The number of hydrogen-bond donors (Lipinski definition) is 1. The molecule has 0 aromatic carbocycles. The minimum absolute atomic E-state index is 0.00317. The third-order valence-corrected chi connectivity index (χ3v) is 3.39. The molecule has 0 aromatic rings. The Morgan fingerprint density at radius 3 is 2.39 bits per heavy atom. The van der Waals surface area contributed by atoms with Crippen molar-refractivity contribution in [2.45, 2.75) is 26.7 Å². The van der Waals surface area contributed by atoms with Crippen molar-refractivity contribution in [2.24, 2.45) is 5.92 Å². The summed E-state index contributed by atoms with van der Waals surface area (Å²) in [5, 5.41) is 3.03. The second-order valence-electron chi connectivity index (χ2n) is 4.87. The van der Waals surface area contributed by atoms with Gasteiger partial charge in [-0.3, -0.25) is 9.59 Å². The predicted molar refractivity (Wildman–Crippen MR) is 71.2 cm³/mol. The first-order valence-electron chi connectivity index (χ1n) is 6.81. The summed E-state index contributed by atoms with van der Waals surface area (Å²) in [6.07, 6.45) is 1.42. The van der Waals surface area contributed by atoms with E-state index < -0.39 is 0 Å². The van der Waals surface area contributed by atoms with Gasteiger partial charge in [-0.25, -0.2) is 0 Å². The van der Waals surface area contributed by atoms with Crippen LogP contribution in [0, 0.1) is 5.92 Å². The molecular formula is C13H25N3O2. The molecule has 1 fully saturated rings. The lowest BCUT2D eigenvalue weighted by Crippen LogP contribution is -2.41. The van der Waals surface area contributed by atoms with Gasteiger partial charge in [-0.2, -0.15) is 0 Å². The molecule has 1 atom stereocenters. The van der Waals surface area contributed by atoms with Gasteiger partial charge < -0.3 is 15.1 Å². The Morgan fingerprint density at radius 2 is 1.78 bits per heavy atom. The first-order chi connectivity index (χ1) is 8.60. The lowest BCUT2D eigenvalue weighted by molar-refractivity contribution is -0.135. The average molecular weight is 255 g/mol. The Morgan fingerprint density at radius 1 is 1.17 bits per heavy atom. The fraction of sp³-hybridized carbons (Fsp3) is 0.846. The van der Waals surface area contributed by atoms with Crippen LogP contribution < -0.4 is 5.32 Å². The number of rotatable bonds is 4. The quantitative estimate of drug-likeness (QED) is 0.787. The highest BCUT2D eigenvalue weighted by Gasteiger charge is 2.23. The normalized spacial score (nSPS) is 18.4. The van der Waals surface area contributed by atoms with Gasteiger partial charge in [-0.1, -0.05) is 13.8 Å². The molecule has 0 bridgehead atoms. The highest BCUT2D eigenvalue weighted by Crippen LogP contribution is 2.08. The van der Waals surface area contributed by atoms with E-state index in [4.69, 9.17) is 0 Å². The van der Waals surface area contributed by atoms with E-state index in [1.807, 2.05) is 30.7 Å². The number of nitrogens with zero attached hydrogens (tertiary/aromatic N) is 2. The van der Waals surface area contributed by atoms with E-state index in [-0.39, 0.29) is 17.7 Å². The fourth-order valence-electron chi connectivity index (χ4n) is 2.32. The smallest absolute Gasteiger partial charge is 0.226 e. The second-order valence-corrected chi connectivity index (χ2v) is 4.87. The molecule has 18 heavy (non-hydrogen) atoms. The van der Waals surface area contributed by atoms with Crippen molar-refractivity contribution < 1.29 is 9.59 Å². The Kier molecular flexibility index (Phi) is 6.12. The van der Waals surface area contributed by atoms with Crippen molar-refractivity contribution in [3.8, 4) is 0 Å². The van der Waals surface area contributed by atoms with Gasteiger partial charge in [0.15, 0.2) is 0 Å². The van der Waals surface area contributed by atoms with Gasteiger partial charge in [-0.05, 0) is 13.5 Å². The van der Waals surface area contributed by atoms with Crippen molar-refractivity contribution in [1.29, 1.82) is 0 Å². The Balaban J connectivity index is 2.51. The Hall–Kier alpha value is -1.10. The van der Waals surface area contributed by atoms with Crippen LogP contribution in [0.3, 0.4) is 0 Å². The van der Waals surface area contributed by atoms with Crippen molar-refractivity contribution >= 4 is 11.8 Å². The average Bonchev–Trinajstić information content (AvgIpc) is 2.63. The zero-order chi connectivity index (χ0) is 13.5. The molecule has 1 heterocycles. The molecule has 1 N–H and O–H groups in total. The minimum Gasteiger partial charge on any atom is -0.341 e. The largest absolute Gasteiger partial charge is 0.341 e. The predicted octanol–water partition coefficient (Wildman–Crippen LogP) is 0.313. The van der Waals surface area contributed by atoms with E-state index in [1.165, 1.54) is 0 Å². The van der Waals surface area contributed by atoms with Crippen LogP contribution in [0.2, 0.25) is 0 Å². The van der Waals surface area contributed by atoms with Crippen molar-refractivity contribution in [3.63, 3.8) is 0 Å². The lowest BCUT2D eigenvalue weighted by Gasteiger charge is -2.24. The van der Waals surface area contributed by atoms with E-state index >= 15 is 0 Å². The van der Waals surface area contributed by atoms with Gasteiger partial charge >= 0.3 is 0 Å². The fourth-order valence-corrected chi connectivity index (χ4v) is 2.32. The number of amides is 2. The van der Waals surface area contributed by atoms with Gasteiger partial charge in [0, 0.05) is 45.1 Å². The molecule has 2 amide bonds. The standard InChI is InChI=1S/C13H25N3O2/c1-4-12(17)15-6-5-7-16(9-8-15)13(18)11(2)10-14-3/h11,14H,4-10H2,1-3H3. The maximum absolute atomic E-state index is 12.2. The van der Waals surface area contributed by atoms with Crippen LogP contribution in [0.25, 0.3) is 0 Å². The van der Waals surface area contributed by atoms with Crippen LogP contribution in [0.1, 0.15) is 26.7 Å². The van der Waals surface area contributed by atoms with E-state index in [1.54, 1.807) is 0 Å². The maximum Gasteiger partial charge on any atom is 0.226 e. The monoisotopic (exact) mass is 255 g/mol. The summed E-state index contributed by atoms with van der Waals surface area (Å²) in [6.45, 7) is 7.40. The molecule has 0 spiro atoms. The zero-order valence-corrected chi connectivity index (χ0v) is 11.7. The number of hydrogen-bond acceptors (Lipinski definition) is 3. The molecule has 1 saturated heterocycles. The summed E-state index contributed by atoms with van der Waals surface area (Å²) < 4.78 is 0. The molecule has 5 nitrogen and oxygen atoms in total. The molecular weight excluding hydrogens is 230 g/mol. The molecule has 1 aliphatic heterocycles. The number of nitrogens with one attached hydrogen (secondary N) is 1. The molecule has 1 unspecified atom stereocenters. The van der Waals surface area contributed by atoms with Crippen LogP contribution in [-0.4, -0.2) is 61.4 Å². The van der Waals surface area contributed by atoms with E-state index in [0.717, 1.165) is 19.5 Å². The summed E-state index contributed by atoms with van der Waals surface area (Å²) in [5.74, 6) is 0.381. The second kappa shape index (κ2) is 7.36. The van der Waals surface area contributed by atoms with Crippen molar-refractivity contribution in [1.82, 2.24) is 15.1 Å². The highest BCUT2D eigenvalue weighted by atomic mass is 16.2. The summed E-state index contributed by atoms with van der Waals surface area (Å²) in [5.41, 5.74) is 0. The third kappa shape index (κ3) is 3.98. The highest BCUT2D eigenvalue weighted by molar-refractivity contribution is 5.79. The van der Waals surface area contributed by atoms with Crippen LogP contribution in [-0.2, 0) is 9.59 Å². The first-order valence-corrected chi connectivity index (χ1v) is 6.81.